The summed E-state index contributed by atoms with van der Waals surface area (Å²) in [4.78, 5) is 8.30. The Morgan fingerprint density at radius 1 is 1.32 bits per heavy atom. The molecule has 1 saturated carbocycles. The largest absolute Gasteiger partial charge is 0.481 e. The first kappa shape index (κ1) is 14.1. The molecule has 0 radical (unpaired) electrons. The Balaban J connectivity index is 1.91. The Morgan fingerprint density at radius 2 is 2.00 bits per heavy atom. The standard InChI is InChI=1S/C14H23N3O2/c1-13(2)5-7-14(18,8-6-13)10-16-12-15-9-4-11(17-12)19-3/h4,9,18H,5-8,10H2,1-3H3,(H,15,16,17). The summed E-state index contributed by atoms with van der Waals surface area (Å²) in [5.41, 5.74) is -0.305. The second-order valence-corrected chi connectivity index (χ2v) is 6.16. The molecule has 5 nitrogen and oxygen atoms in total. The molecule has 1 aliphatic rings. The van der Waals surface area contributed by atoms with Gasteiger partial charge >= 0.3 is 0 Å². The van der Waals surface area contributed by atoms with Gasteiger partial charge in [-0.05, 0) is 31.1 Å². The third kappa shape index (κ3) is 3.80. The van der Waals surface area contributed by atoms with Gasteiger partial charge in [-0.25, -0.2) is 4.98 Å². The number of aliphatic hydroxyl groups is 1. The normalized spacial score (nSPS) is 20.8. The number of anilines is 1. The highest BCUT2D eigenvalue weighted by Crippen LogP contribution is 2.40. The molecule has 1 aromatic rings. The van der Waals surface area contributed by atoms with Crippen LogP contribution in [0.5, 0.6) is 5.88 Å². The summed E-state index contributed by atoms with van der Waals surface area (Å²) in [7, 11) is 1.57. The zero-order valence-electron chi connectivity index (χ0n) is 11.9. The third-order valence-electron chi connectivity index (χ3n) is 3.95. The van der Waals surface area contributed by atoms with Crippen LogP contribution < -0.4 is 10.1 Å². The smallest absolute Gasteiger partial charge is 0.226 e. The van der Waals surface area contributed by atoms with Crippen molar-refractivity contribution in [3.63, 3.8) is 0 Å². The number of methoxy groups -OCH3 is 1. The summed E-state index contributed by atoms with van der Waals surface area (Å²) in [5.74, 6) is 1.02. The van der Waals surface area contributed by atoms with Crippen LogP contribution in [-0.2, 0) is 0 Å². The van der Waals surface area contributed by atoms with Crippen LogP contribution >= 0.6 is 0 Å². The molecule has 19 heavy (non-hydrogen) atoms. The van der Waals surface area contributed by atoms with Gasteiger partial charge in [-0.2, -0.15) is 4.98 Å². The molecular formula is C14H23N3O2. The lowest BCUT2D eigenvalue weighted by atomic mass is 9.71. The molecule has 0 bridgehead atoms. The topological polar surface area (TPSA) is 67.3 Å². The predicted molar refractivity (Wildman–Crippen MR) is 74.3 cm³/mol. The van der Waals surface area contributed by atoms with Gasteiger partial charge in [0.2, 0.25) is 11.8 Å². The van der Waals surface area contributed by atoms with Gasteiger partial charge in [-0.15, -0.1) is 0 Å². The zero-order valence-corrected chi connectivity index (χ0v) is 11.9. The van der Waals surface area contributed by atoms with E-state index in [0.717, 1.165) is 25.7 Å². The molecule has 2 N–H and O–H groups in total. The van der Waals surface area contributed by atoms with Gasteiger partial charge in [-0.3, -0.25) is 0 Å². The van der Waals surface area contributed by atoms with E-state index in [1.807, 2.05) is 0 Å². The molecule has 0 atom stereocenters. The molecule has 0 amide bonds. The van der Waals surface area contributed by atoms with Crippen molar-refractivity contribution in [2.75, 3.05) is 19.0 Å². The maximum atomic E-state index is 10.5. The lowest BCUT2D eigenvalue weighted by Gasteiger charge is -2.40. The quantitative estimate of drug-likeness (QED) is 0.874. The summed E-state index contributed by atoms with van der Waals surface area (Å²) < 4.78 is 5.05. The molecular weight excluding hydrogens is 242 g/mol. The fraction of sp³-hybridized carbons (Fsp3) is 0.714. The van der Waals surface area contributed by atoms with E-state index >= 15 is 0 Å². The van der Waals surface area contributed by atoms with E-state index in [0.29, 0.717) is 23.8 Å². The number of nitrogens with zero attached hydrogens (tertiary/aromatic N) is 2. The Hall–Kier alpha value is -1.36. The Morgan fingerprint density at radius 3 is 2.63 bits per heavy atom. The van der Waals surface area contributed by atoms with E-state index < -0.39 is 5.60 Å². The molecule has 2 rings (SSSR count). The summed E-state index contributed by atoms with van der Waals surface area (Å²) in [6.45, 7) is 4.99. The fourth-order valence-electron chi connectivity index (χ4n) is 2.35. The number of hydrogen-bond acceptors (Lipinski definition) is 5. The van der Waals surface area contributed by atoms with Gasteiger partial charge in [-0.1, -0.05) is 13.8 Å². The van der Waals surface area contributed by atoms with Crippen molar-refractivity contribution in [2.45, 2.75) is 45.1 Å². The highest BCUT2D eigenvalue weighted by Gasteiger charge is 2.36. The van der Waals surface area contributed by atoms with Gasteiger partial charge in [0.25, 0.3) is 0 Å². The number of nitrogens with one attached hydrogen (secondary N) is 1. The van der Waals surface area contributed by atoms with Crippen molar-refractivity contribution in [2.24, 2.45) is 5.41 Å². The average Bonchev–Trinajstić information content (AvgIpc) is 2.41. The molecule has 1 aromatic heterocycles. The third-order valence-corrected chi connectivity index (χ3v) is 3.95. The first-order chi connectivity index (χ1) is 8.92. The van der Waals surface area contributed by atoms with Crippen LogP contribution in [0.1, 0.15) is 39.5 Å². The van der Waals surface area contributed by atoms with Crippen molar-refractivity contribution in [3.05, 3.63) is 12.3 Å². The lowest BCUT2D eigenvalue weighted by Crippen LogP contribution is -2.42. The number of rotatable bonds is 4. The lowest BCUT2D eigenvalue weighted by molar-refractivity contribution is -0.0146. The molecule has 0 saturated heterocycles. The fourth-order valence-corrected chi connectivity index (χ4v) is 2.35. The monoisotopic (exact) mass is 265 g/mol. The highest BCUT2D eigenvalue weighted by molar-refractivity contribution is 5.28. The maximum absolute atomic E-state index is 10.5. The summed E-state index contributed by atoms with van der Waals surface area (Å²) in [6, 6.07) is 1.70. The molecule has 0 aliphatic heterocycles. The Kier molecular flexibility index (Phi) is 3.94. The minimum absolute atomic E-state index is 0.346. The van der Waals surface area contributed by atoms with E-state index in [2.05, 4.69) is 29.1 Å². The minimum Gasteiger partial charge on any atom is -0.481 e. The maximum Gasteiger partial charge on any atom is 0.226 e. The van der Waals surface area contributed by atoms with E-state index in [-0.39, 0.29) is 0 Å². The van der Waals surface area contributed by atoms with Gasteiger partial charge in [0.15, 0.2) is 0 Å². The predicted octanol–water partition coefficient (Wildman–Crippen LogP) is 2.23. The second-order valence-electron chi connectivity index (χ2n) is 6.16. The molecule has 1 heterocycles. The van der Waals surface area contributed by atoms with Gasteiger partial charge in [0.1, 0.15) is 0 Å². The number of hydrogen-bond donors (Lipinski definition) is 2. The van der Waals surface area contributed by atoms with Crippen LogP contribution in [-0.4, -0.2) is 34.3 Å². The van der Waals surface area contributed by atoms with Crippen LogP contribution in [0.25, 0.3) is 0 Å². The molecule has 0 spiro atoms. The van der Waals surface area contributed by atoms with Crippen LogP contribution in [0.2, 0.25) is 0 Å². The molecule has 1 fully saturated rings. The molecule has 5 heteroatoms. The van der Waals surface area contributed by atoms with E-state index in [1.54, 1.807) is 19.4 Å². The van der Waals surface area contributed by atoms with E-state index in [1.165, 1.54) is 0 Å². The zero-order chi connectivity index (χ0) is 13.9. The Labute approximate surface area is 114 Å². The number of aromatic nitrogens is 2. The molecule has 0 unspecified atom stereocenters. The van der Waals surface area contributed by atoms with Crippen molar-refractivity contribution in [3.8, 4) is 5.88 Å². The van der Waals surface area contributed by atoms with Crippen LogP contribution in [0.3, 0.4) is 0 Å². The van der Waals surface area contributed by atoms with Gasteiger partial charge in [0, 0.05) is 18.8 Å². The SMILES string of the molecule is COc1ccnc(NCC2(O)CCC(C)(C)CC2)n1. The van der Waals surface area contributed by atoms with E-state index in [4.69, 9.17) is 4.74 Å². The van der Waals surface area contributed by atoms with Crippen LogP contribution in [0, 0.1) is 5.41 Å². The Bertz CT molecular complexity index is 424. The molecule has 0 aromatic carbocycles. The molecule has 106 valence electrons. The van der Waals surface area contributed by atoms with Crippen molar-refractivity contribution < 1.29 is 9.84 Å². The minimum atomic E-state index is -0.651. The van der Waals surface area contributed by atoms with Crippen molar-refractivity contribution in [1.82, 2.24) is 9.97 Å². The summed E-state index contributed by atoms with van der Waals surface area (Å²) >= 11 is 0. The first-order valence-electron chi connectivity index (χ1n) is 6.76. The highest BCUT2D eigenvalue weighted by atomic mass is 16.5. The number of ether oxygens (including phenoxy) is 1. The van der Waals surface area contributed by atoms with Crippen LogP contribution in [0.15, 0.2) is 12.3 Å². The van der Waals surface area contributed by atoms with Crippen molar-refractivity contribution >= 4 is 5.95 Å². The van der Waals surface area contributed by atoms with Crippen molar-refractivity contribution in [1.29, 1.82) is 0 Å². The molecule has 1 aliphatic carbocycles. The summed E-state index contributed by atoms with van der Waals surface area (Å²) in [5, 5.41) is 13.6. The summed E-state index contributed by atoms with van der Waals surface area (Å²) in [6.07, 6.45) is 5.37. The van der Waals surface area contributed by atoms with E-state index in [9.17, 15) is 5.11 Å². The van der Waals surface area contributed by atoms with Crippen LogP contribution in [0.4, 0.5) is 5.95 Å². The van der Waals surface area contributed by atoms with Gasteiger partial charge in [0.05, 0.1) is 12.7 Å². The first-order valence-corrected chi connectivity index (χ1v) is 6.76. The van der Waals surface area contributed by atoms with Gasteiger partial charge < -0.3 is 15.2 Å². The average molecular weight is 265 g/mol. The second kappa shape index (κ2) is 5.33.